The number of rotatable bonds is 4. The minimum absolute atomic E-state index is 0.0534. The van der Waals surface area contributed by atoms with Gasteiger partial charge in [-0.15, -0.1) is 0 Å². The van der Waals surface area contributed by atoms with Crippen molar-refractivity contribution in [3.8, 4) is 0 Å². The number of hydrogen-bond donors (Lipinski definition) is 1. The second kappa shape index (κ2) is 9.00. The number of carbonyl (C=O) groups excluding carboxylic acids is 3. The van der Waals surface area contributed by atoms with Crippen molar-refractivity contribution in [2.45, 2.75) is 0 Å². The molecule has 1 aliphatic rings. The maximum Gasteiger partial charge on any atom is 0.359 e. The van der Waals surface area contributed by atoms with Crippen LogP contribution in [0.25, 0.3) is 0 Å². The van der Waals surface area contributed by atoms with Crippen LogP contribution in [0, 0.1) is 0 Å². The van der Waals surface area contributed by atoms with Crippen molar-refractivity contribution in [3.05, 3.63) is 58.5 Å². The van der Waals surface area contributed by atoms with Gasteiger partial charge in [0.15, 0.2) is 12.3 Å². The molecule has 2 heterocycles. The fraction of sp³-hybridized carbons (Fsp3) is 0.316. The molecule has 1 aromatic carbocycles. The largest absolute Gasteiger partial charge is 0.451 e. The van der Waals surface area contributed by atoms with Gasteiger partial charge in [-0.1, -0.05) is 18.2 Å². The van der Waals surface area contributed by atoms with Gasteiger partial charge in [0.05, 0.1) is 0 Å². The molecule has 1 aromatic heterocycles. The van der Waals surface area contributed by atoms with Gasteiger partial charge in [-0.05, 0) is 18.2 Å². The van der Waals surface area contributed by atoms with Crippen molar-refractivity contribution < 1.29 is 19.1 Å². The summed E-state index contributed by atoms with van der Waals surface area (Å²) in [5.41, 5.74) is 0.295. The van der Waals surface area contributed by atoms with E-state index in [1.165, 1.54) is 24.1 Å². The highest BCUT2D eigenvalue weighted by Crippen LogP contribution is 2.09. The summed E-state index contributed by atoms with van der Waals surface area (Å²) in [6.07, 6.45) is 0. The summed E-state index contributed by atoms with van der Waals surface area (Å²) in [6, 6.07) is 11.3. The Morgan fingerprint density at radius 3 is 2.31 bits per heavy atom. The van der Waals surface area contributed by atoms with Gasteiger partial charge < -0.3 is 19.9 Å². The molecular weight excluding hydrogens is 378 g/mol. The molecule has 0 saturated carbocycles. The smallest absolute Gasteiger partial charge is 0.359 e. The third-order valence-corrected chi connectivity index (χ3v) is 4.44. The fourth-order valence-electron chi connectivity index (χ4n) is 2.79. The number of ether oxygens (including phenoxy) is 1. The van der Waals surface area contributed by atoms with Gasteiger partial charge >= 0.3 is 12.0 Å². The molecule has 29 heavy (non-hydrogen) atoms. The highest BCUT2D eigenvalue weighted by molar-refractivity contribution is 5.90. The molecule has 1 saturated heterocycles. The van der Waals surface area contributed by atoms with Crippen LogP contribution in [0.3, 0.4) is 0 Å². The second-order valence-corrected chi connectivity index (χ2v) is 6.42. The van der Waals surface area contributed by atoms with E-state index in [1.807, 2.05) is 18.2 Å². The molecule has 0 bridgehead atoms. The van der Waals surface area contributed by atoms with E-state index < -0.39 is 12.6 Å². The zero-order valence-electron chi connectivity index (χ0n) is 15.9. The summed E-state index contributed by atoms with van der Waals surface area (Å²) in [5, 5.41) is 6.59. The lowest BCUT2D eigenvalue weighted by Crippen LogP contribution is -2.52. The number of piperazine rings is 1. The number of aryl methyl sites for hydroxylation is 1. The number of carbonyl (C=O) groups is 3. The van der Waals surface area contributed by atoms with Gasteiger partial charge in [0, 0.05) is 45.0 Å². The number of para-hydroxylation sites is 1. The topological polar surface area (TPSA) is 114 Å². The van der Waals surface area contributed by atoms with Crippen LogP contribution in [0.4, 0.5) is 10.5 Å². The number of nitrogens with one attached hydrogen (secondary N) is 1. The maximum atomic E-state index is 12.3. The standard InChI is InChI=1S/C19H21N5O5/c1-22-16(25)8-7-15(21-22)18(27)29-13-17(26)23-9-11-24(12-10-23)19(28)20-14-5-3-2-4-6-14/h2-8H,9-13H2,1H3,(H,20,28). The van der Waals surface area contributed by atoms with Gasteiger partial charge in [0.25, 0.3) is 11.5 Å². The van der Waals surface area contributed by atoms with Crippen LogP contribution in [0.2, 0.25) is 0 Å². The quantitative estimate of drug-likeness (QED) is 0.741. The molecule has 152 valence electrons. The molecule has 1 N–H and O–H groups in total. The normalized spacial score (nSPS) is 13.7. The molecule has 0 unspecified atom stereocenters. The first kappa shape index (κ1) is 20.1. The number of anilines is 1. The summed E-state index contributed by atoms with van der Waals surface area (Å²) in [4.78, 5) is 51.0. The average Bonchev–Trinajstić information content (AvgIpc) is 2.74. The van der Waals surface area contributed by atoms with Crippen LogP contribution in [0.5, 0.6) is 0 Å². The van der Waals surface area contributed by atoms with Crippen LogP contribution in [0.15, 0.2) is 47.3 Å². The van der Waals surface area contributed by atoms with E-state index in [4.69, 9.17) is 4.74 Å². The molecule has 0 atom stereocenters. The molecule has 0 spiro atoms. The number of nitrogens with zero attached hydrogens (tertiary/aromatic N) is 4. The van der Waals surface area contributed by atoms with Gasteiger partial charge in [-0.25, -0.2) is 14.3 Å². The summed E-state index contributed by atoms with van der Waals surface area (Å²) in [5.74, 6) is -1.14. The van der Waals surface area contributed by atoms with Crippen LogP contribution in [0.1, 0.15) is 10.5 Å². The number of amides is 3. The van der Waals surface area contributed by atoms with Gasteiger partial charge in [0.2, 0.25) is 0 Å². The molecule has 2 aromatic rings. The number of benzene rings is 1. The zero-order valence-corrected chi connectivity index (χ0v) is 15.9. The average molecular weight is 399 g/mol. The van der Waals surface area contributed by atoms with Crippen molar-refractivity contribution in [3.63, 3.8) is 0 Å². The first-order valence-corrected chi connectivity index (χ1v) is 9.04. The molecule has 3 amide bonds. The van der Waals surface area contributed by atoms with Gasteiger partial charge in [-0.3, -0.25) is 9.59 Å². The van der Waals surface area contributed by atoms with E-state index in [9.17, 15) is 19.2 Å². The predicted octanol–water partition coefficient (Wildman–Crippen LogP) is 0.313. The number of esters is 1. The molecule has 0 radical (unpaired) electrons. The molecule has 3 rings (SSSR count). The van der Waals surface area contributed by atoms with Crippen molar-refractivity contribution >= 4 is 23.6 Å². The maximum absolute atomic E-state index is 12.3. The zero-order chi connectivity index (χ0) is 20.8. The highest BCUT2D eigenvalue weighted by atomic mass is 16.5. The van der Waals surface area contributed by atoms with Crippen molar-refractivity contribution in [1.82, 2.24) is 19.6 Å². The lowest BCUT2D eigenvalue weighted by atomic mass is 10.3. The van der Waals surface area contributed by atoms with Crippen LogP contribution in [-0.2, 0) is 16.6 Å². The van der Waals surface area contributed by atoms with Gasteiger partial charge in [-0.2, -0.15) is 5.10 Å². The Labute approximate surface area is 166 Å². The summed E-state index contributed by atoms with van der Waals surface area (Å²) in [6.45, 7) is 1.01. The minimum Gasteiger partial charge on any atom is -0.451 e. The Balaban J connectivity index is 1.45. The van der Waals surface area contributed by atoms with E-state index in [-0.39, 0.29) is 23.2 Å². The number of aromatic nitrogens is 2. The van der Waals surface area contributed by atoms with Crippen molar-refractivity contribution in [2.75, 3.05) is 38.1 Å². The molecule has 10 heteroatoms. The minimum atomic E-state index is -0.783. The SMILES string of the molecule is Cn1nc(C(=O)OCC(=O)N2CCN(C(=O)Nc3ccccc3)CC2)ccc1=O. The fourth-order valence-corrected chi connectivity index (χ4v) is 2.79. The number of hydrogen-bond acceptors (Lipinski definition) is 6. The third-order valence-electron chi connectivity index (χ3n) is 4.44. The predicted molar refractivity (Wildman–Crippen MR) is 103 cm³/mol. The Kier molecular flexibility index (Phi) is 6.22. The highest BCUT2D eigenvalue weighted by Gasteiger charge is 2.25. The first-order chi connectivity index (χ1) is 13.9. The monoisotopic (exact) mass is 399 g/mol. The van der Waals surface area contributed by atoms with Crippen LogP contribution >= 0.6 is 0 Å². The third kappa shape index (κ3) is 5.18. The summed E-state index contributed by atoms with van der Waals surface area (Å²) < 4.78 is 6.00. The van der Waals surface area contributed by atoms with Crippen molar-refractivity contribution in [2.24, 2.45) is 7.05 Å². The van der Waals surface area contributed by atoms with Crippen molar-refractivity contribution in [1.29, 1.82) is 0 Å². The van der Waals surface area contributed by atoms with E-state index in [1.54, 1.807) is 17.0 Å². The Morgan fingerprint density at radius 1 is 1.00 bits per heavy atom. The molecule has 1 fully saturated rings. The van der Waals surface area contributed by atoms with Gasteiger partial charge in [0.1, 0.15) is 0 Å². The summed E-state index contributed by atoms with van der Waals surface area (Å²) >= 11 is 0. The summed E-state index contributed by atoms with van der Waals surface area (Å²) in [7, 11) is 1.41. The lowest BCUT2D eigenvalue weighted by Gasteiger charge is -2.34. The lowest BCUT2D eigenvalue weighted by molar-refractivity contribution is -0.135. The Bertz CT molecular complexity index is 951. The molecular formula is C19H21N5O5. The second-order valence-electron chi connectivity index (χ2n) is 6.42. The Hall–Kier alpha value is -3.69. The molecule has 1 aliphatic heterocycles. The number of urea groups is 1. The molecule has 10 nitrogen and oxygen atoms in total. The van der Waals surface area contributed by atoms with E-state index in [0.29, 0.717) is 31.9 Å². The van der Waals surface area contributed by atoms with Crippen LogP contribution in [-0.4, -0.2) is 70.3 Å². The van der Waals surface area contributed by atoms with Crippen LogP contribution < -0.4 is 10.9 Å². The Morgan fingerprint density at radius 2 is 1.66 bits per heavy atom. The van der Waals surface area contributed by atoms with E-state index >= 15 is 0 Å². The molecule has 0 aliphatic carbocycles. The van der Waals surface area contributed by atoms with E-state index in [0.717, 1.165) is 4.68 Å². The first-order valence-electron chi connectivity index (χ1n) is 9.04. The van der Waals surface area contributed by atoms with E-state index in [2.05, 4.69) is 10.4 Å².